The monoisotopic (exact) mass is 587 g/mol. The number of fused-ring (bicyclic) bond motifs is 1. The van der Waals surface area contributed by atoms with Crippen molar-refractivity contribution in [1.29, 1.82) is 0 Å². The molecule has 0 saturated carbocycles. The molecule has 3 heterocycles. The van der Waals surface area contributed by atoms with Crippen molar-refractivity contribution >= 4 is 44.4 Å². The van der Waals surface area contributed by atoms with Gasteiger partial charge in [0.05, 0.1) is 10.9 Å². The Hall–Kier alpha value is -2.39. The maximum absolute atomic E-state index is 12.7. The number of amides is 1. The van der Waals surface area contributed by atoms with Gasteiger partial charge in [0.25, 0.3) is 0 Å². The zero-order valence-electron chi connectivity index (χ0n) is 20.6. The molecule has 37 heavy (non-hydrogen) atoms. The fraction of sp³-hybridized carbons (Fsp3) is 0.429. The molecule has 1 amide bonds. The van der Waals surface area contributed by atoms with Gasteiger partial charge in [-0.2, -0.15) is 0 Å². The Morgan fingerprint density at radius 1 is 1.11 bits per heavy atom. The van der Waals surface area contributed by atoms with Crippen molar-refractivity contribution in [3.63, 3.8) is 0 Å². The third-order valence-corrected chi connectivity index (χ3v) is 7.91. The van der Waals surface area contributed by atoms with Gasteiger partial charge in [0.15, 0.2) is 0 Å². The zero-order chi connectivity index (χ0) is 25.8. The summed E-state index contributed by atoms with van der Waals surface area (Å²) < 4.78 is 12.5. The average Bonchev–Trinajstić information content (AvgIpc) is 2.88. The Morgan fingerprint density at radius 2 is 1.89 bits per heavy atom. The Bertz CT molecular complexity index is 1320. The van der Waals surface area contributed by atoms with Crippen LogP contribution >= 0.6 is 27.5 Å². The van der Waals surface area contributed by atoms with E-state index in [2.05, 4.69) is 49.7 Å². The number of halogens is 2. The molecular weight excluding hydrogens is 558 g/mol. The van der Waals surface area contributed by atoms with E-state index in [0.29, 0.717) is 16.2 Å². The molecule has 196 valence electrons. The molecule has 0 unspecified atom stereocenters. The molecule has 0 aliphatic carbocycles. The molecule has 3 aromatic rings. The lowest BCUT2D eigenvalue weighted by Gasteiger charge is -2.32. The summed E-state index contributed by atoms with van der Waals surface area (Å²) in [6, 6.07) is 13.3. The first-order valence-electron chi connectivity index (χ1n) is 12.8. The van der Waals surface area contributed by atoms with Crippen LogP contribution in [0.15, 0.2) is 56.1 Å². The quantitative estimate of drug-likeness (QED) is 0.391. The predicted molar refractivity (Wildman–Crippen MR) is 148 cm³/mol. The molecule has 2 fully saturated rings. The molecule has 0 radical (unpaired) electrons. The number of rotatable bonds is 7. The van der Waals surface area contributed by atoms with Crippen molar-refractivity contribution in [3.8, 4) is 5.75 Å². The van der Waals surface area contributed by atoms with Crippen molar-refractivity contribution in [1.82, 2.24) is 15.5 Å². The molecule has 0 bridgehead atoms. The fourth-order valence-electron chi connectivity index (χ4n) is 5.03. The van der Waals surface area contributed by atoms with Crippen molar-refractivity contribution in [2.75, 3.05) is 26.2 Å². The number of benzene rings is 2. The Kier molecular flexibility index (Phi) is 8.49. The highest BCUT2D eigenvalue weighted by atomic mass is 79.9. The van der Waals surface area contributed by atoms with Gasteiger partial charge < -0.3 is 19.8 Å². The summed E-state index contributed by atoms with van der Waals surface area (Å²) in [6.45, 7) is 4.66. The minimum Gasteiger partial charge on any atom is -0.489 e. The second-order valence-corrected chi connectivity index (χ2v) is 11.2. The number of hydrogen-bond donors (Lipinski definition) is 2. The number of nitrogens with zero attached hydrogens (tertiary/aromatic N) is 1. The number of hydrogen-bond acceptors (Lipinski definition) is 6. The van der Waals surface area contributed by atoms with Crippen molar-refractivity contribution in [2.24, 2.45) is 0 Å². The molecule has 2 N–H and O–H groups in total. The van der Waals surface area contributed by atoms with Crippen molar-refractivity contribution in [2.45, 2.75) is 50.8 Å². The van der Waals surface area contributed by atoms with E-state index in [1.54, 1.807) is 24.3 Å². The molecular formula is C28H31BrClN3O4. The normalized spacial score (nSPS) is 17.7. The molecule has 2 aliphatic heterocycles. The summed E-state index contributed by atoms with van der Waals surface area (Å²) >= 11 is 9.65. The van der Waals surface area contributed by atoms with Gasteiger partial charge in [0.2, 0.25) is 5.91 Å². The highest BCUT2D eigenvalue weighted by Crippen LogP contribution is 2.29. The average molecular weight is 589 g/mol. The number of likely N-dealkylation sites (tertiary alicyclic amines) is 1. The third-order valence-electron chi connectivity index (χ3n) is 7.06. The summed E-state index contributed by atoms with van der Waals surface area (Å²) in [4.78, 5) is 27.4. The predicted octanol–water partition coefficient (Wildman–Crippen LogP) is 4.66. The summed E-state index contributed by atoms with van der Waals surface area (Å²) in [7, 11) is 0. The SMILES string of the molecule is O=C(Cc1cc2ccc(Cl)cc2oc1=O)NC1CCN(Cc2ccc(OC3CCNCC3)c(Br)c2)CC1. The Morgan fingerprint density at radius 3 is 2.65 bits per heavy atom. The van der Waals surface area contributed by atoms with Crippen LogP contribution in [0.25, 0.3) is 11.0 Å². The maximum Gasteiger partial charge on any atom is 0.339 e. The van der Waals surface area contributed by atoms with Gasteiger partial charge in [0.1, 0.15) is 17.4 Å². The van der Waals surface area contributed by atoms with Crippen LogP contribution in [0, 0.1) is 0 Å². The van der Waals surface area contributed by atoms with E-state index in [9.17, 15) is 9.59 Å². The third kappa shape index (κ3) is 6.93. The second kappa shape index (κ2) is 12.0. The summed E-state index contributed by atoms with van der Waals surface area (Å²) in [5.74, 6) is 0.744. The van der Waals surface area contributed by atoms with Gasteiger partial charge >= 0.3 is 5.63 Å². The van der Waals surface area contributed by atoms with E-state index in [-0.39, 0.29) is 24.5 Å². The number of carbonyl (C=O) groups excluding carboxylic acids is 1. The van der Waals surface area contributed by atoms with E-state index >= 15 is 0 Å². The van der Waals surface area contributed by atoms with Gasteiger partial charge in [-0.3, -0.25) is 9.69 Å². The summed E-state index contributed by atoms with van der Waals surface area (Å²) in [5, 5.41) is 7.71. The van der Waals surface area contributed by atoms with Crippen LogP contribution in [0.1, 0.15) is 36.8 Å². The lowest BCUT2D eigenvalue weighted by Crippen LogP contribution is -2.45. The molecule has 0 spiro atoms. The maximum atomic E-state index is 12.7. The molecule has 2 saturated heterocycles. The van der Waals surface area contributed by atoms with Gasteiger partial charge in [-0.05, 0) is 90.6 Å². The minimum absolute atomic E-state index is 0.000922. The number of carbonyl (C=O) groups is 1. The smallest absolute Gasteiger partial charge is 0.339 e. The highest BCUT2D eigenvalue weighted by Gasteiger charge is 2.22. The fourth-order valence-corrected chi connectivity index (χ4v) is 5.71. The minimum atomic E-state index is -0.502. The van der Waals surface area contributed by atoms with E-state index in [1.165, 1.54) is 5.56 Å². The first kappa shape index (κ1) is 26.2. The van der Waals surface area contributed by atoms with Gasteiger partial charge in [-0.25, -0.2) is 4.79 Å². The first-order valence-corrected chi connectivity index (χ1v) is 14.0. The lowest BCUT2D eigenvalue weighted by atomic mass is 10.0. The number of nitrogens with one attached hydrogen (secondary N) is 2. The molecule has 7 nitrogen and oxygen atoms in total. The van der Waals surface area contributed by atoms with Crippen molar-refractivity contribution < 1.29 is 13.9 Å². The molecule has 0 atom stereocenters. The van der Waals surface area contributed by atoms with Crippen LogP contribution < -0.4 is 21.0 Å². The van der Waals surface area contributed by atoms with Crippen LogP contribution in [0.2, 0.25) is 5.02 Å². The number of ether oxygens (including phenoxy) is 1. The van der Waals surface area contributed by atoms with Gasteiger partial charge in [-0.1, -0.05) is 17.7 Å². The molecule has 9 heteroatoms. The summed E-state index contributed by atoms with van der Waals surface area (Å²) in [5.41, 5.74) is 1.50. The number of piperidine rings is 2. The van der Waals surface area contributed by atoms with Crippen LogP contribution in [-0.2, 0) is 17.8 Å². The van der Waals surface area contributed by atoms with E-state index in [4.69, 9.17) is 20.8 Å². The summed E-state index contributed by atoms with van der Waals surface area (Å²) in [6.07, 6.45) is 4.08. The van der Waals surface area contributed by atoms with Crippen molar-refractivity contribution in [3.05, 3.63) is 73.5 Å². The van der Waals surface area contributed by atoms with Crippen LogP contribution in [-0.4, -0.2) is 49.1 Å². The molecule has 2 aliphatic rings. The van der Waals surface area contributed by atoms with E-state index in [1.807, 2.05) is 0 Å². The highest BCUT2D eigenvalue weighted by molar-refractivity contribution is 9.10. The van der Waals surface area contributed by atoms with Crippen LogP contribution in [0.4, 0.5) is 0 Å². The van der Waals surface area contributed by atoms with Crippen LogP contribution in [0.3, 0.4) is 0 Å². The van der Waals surface area contributed by atoms with E-state index < -0.39 is 5.63 Å². The molecule has 5 rings (SSSR count). The standard InChI is InChI=1S/C28H31BrClN3O4/c29-24-13-18(1-4-25(24)36-23-5-9-31-10-6-23)17-33-11-7-22(8-12-33)32-27(34)15-20-14-19-2-3-21(30)16-26(19)37-28(20)35/h1-4,13-14,16,22-23,31H,5-12,15,17H2,(H,32,34). The van der Waals surface area contributed by atoms with E-state index in [0.717, 1.165) is 74.0 Å². The van der Waals surface area contributed by atoms with Gasteiger partial charge in [-0.15, -0.1) is 0 Å². The van der Waals surface area contributed by atoms with Gasteiger partial charge in [0, 0.05) is 47.7 Å². The second-order valence-electron chi connectivity index (χ2n) is 9.87. The topological polar surface area (TPSA) is 83.8 Å². The van der Waals surface area contributed by atoms with Crippen LogP contribution in [0.5, 0.6) is 5.75 Å². The Balaban J connectivity index is 1.09. The molecule has 1 aromatic heterocycles. The lowest BCUT2D eigenvalue weighted by molar-refractivity contribution is -0.121. The Labute approximate surface area is 229 Å². The first-order chi connectivity index (χ1) is 17.9. The zero-order valence-corrected chi connectivity index (χ0v) is 22.9. The largest absolute Gasteiger partial charge is 0.489 e. The molecule has 2 aromatic carbocycles.